The van der Waals surface area contributed by atoms with Gasteiger partial charge in [0.05, 0.1) is 0 Å². The highest BCUT2D eigenvalue weighted by Gasteiger charge is 2.10. The Hall–Kier alpha value is -1.54. The van der Waals surface area contributed by atoms with Gasteiger partial charge in [-0.05, 0) is 37.4 Å². The summed E-state index contributed by atoms with van der Waals surface area (Å²) in [5.74, 6) is 0. The van der Waals surface area contributed by atoms with E-state index in [4.69, 9.17) is 0 Å². The molecule has 0 spiro atoms. The molecule has 94 valence electrons. The van der Waals surface area contributed by atoms with Crippen LogP contribution >= 0.6 is 0 Å². The van der Waals surface area contributed by atoms with E-state index >= 15 is 0 Å². The molecule has 1 aliphatic heterocycles. The van der Waals surface area contributed by atoms with E-state index in [1.54, 1.807) is 0 Å². The summed E-state index contributed by atoms with van der Waals surface area (Å²) >= 11 is 0. The number of rotatable bonds is 1. The summed E-state index contributed by atoms with van der Waals surface area (Å²) in [4.78, 5) is 2.54. The highest BCUT2D eigenvalue weighted by Crippen LogP contribution is 2.27. The van der Waals surface area contributed by atoms with E-state index in [0.29, 0.717) is 0 Å². The molecule has 0 radical (unpaired) electrons. The van der Waals surface area contributed by atoms with Gasteiger partial charge in [0.2, 0.25) is 0 Å². The average molecular weight is 240 g/mol. The van der Waals surface area contributed by atoms with E-state index in [2.05, 4.69) is 52.7 Å². The van der Waals surface area contributed by atoms with Crippen molar-refractivity contribution in [3.63, 3.8) is 0 Å². The molecule has 1 N–H and O–H groups in total. The van der Waals surface area contributed by atoms with Gasteiger partial charge in [-0.3, -0.25) is 0 Å². The molecule has 1 aliphatic rings. The smallest absolute Gasteiger partial charge is 0.0445 e. The van der Waals surface area contributed by atoms with Crippen molar-refractivity contribution in [2.45, 2.75) is 12.8 Å². The number of anilines is 1. The van der Waals surface area contributed by atoms with Crippen molar-refractivity contribution in [2.75, 3.05) is 31.1 Å². The first-order chi connectivity index (χ1) is 8.95. The Morgan fingerprint density at radius 3 is 2.39 bits per heavy atom. The van der Waals surface area contributed by atoms with Crippen LogP contribution in [0.2, 0.25) is 0 Å². The van der Waals surface area contributed by atoms with Gasteiger partial charge >= 0.3 is 0 Å². The van der Waals surface area contributed by atoms with Gasteiger partial charge in [-0.1, -0.05) is 36.4 Å². The number of hydrogen-bond acceptors (Lipinski definition) is 2. The molecule has 0 bridgehead atoms. The van der Waals surface area contributed by atoms with E-state index in [1.165, 1.54) is 29.3 Å². The molecule has 2 nitrogen and oxygen atoms in total. The van der Waals surface area contributed by atoms with Crippen molar-refractivity contribution in [1.82, 2.24) is 5.32 Å². The largest absolute Gasteiger partial charge is 0.371 e. The molecule has 0 saturated carbocycles. The lowest BCUT2D eigenvalue weighted by atomic mass is 10.1. The van der Waals surface area contributed by atoms with E-state index in [-0.39, 0.29) is 0 Å². The first-order valence-electron chi connectivity index (χ1n) is 6.88. The summed E-state index contributed by atoms with van der Waals surface area (Å²) in [7, 11) is 0. The topological polar surface area (TPSA) is 15.3 Å². The lowest BCUT2D eigenvalue weighted by Crippen LogP contribution is -2.34. The summed E-state index contributed by atoms with van der Waals surface area (Å²) < 4.78 is 0. The van der Waals surface area contributed by atoms with Gasteiger partial charge in [0.1, 0.15) is 0 Å². The van der Waals surface area contributed by atoms with E-state index in [9.17, 15) is 0 Å². The standard InChI is InChI=1S/C16H20N2/c1-2-8-15-14(6-1)7-3-9-16(15)18-12-4-10-17-11-5-13-18/h1-3,6-9,17H,4-5,10-13H2. The van der Waals surface area contributed by atoms with E-state index < -0.39 is 0 Å². The number of benzene rings is 2. The number of nitrogens with one attached hydrogen (secondary N) is 1. The number of nitrogens with zero attached hydrogens (tertiary/aromatic N) is 1. The van der Waals surface area contributed by atoms with Crippen molar-refractivity contribution in [1.29, 1.82) is 0 Å². The van der Waals surface area contributed by atoms with Crippen LogP contribution in [0.4, 0.5) is 5.69 Å². The van der Waals surface area contributed by atoms with Crippen LogP contribution in [0, 0.1) is 0 Å². The van der Waals surface area contributed by atoms with Gasteiger partial charge in [0.15, 0.2) is 0 Å². The molecule has 1 heterocycles. The van der Waals surface area contributed by atoms with Crippen LogP contribution in [0.15, 0.2) is 42.5 Å². The highest BCUT2D eigenvalue weighted by molar-refractivity contribution is 5.94. The lowest BCUT2D eigenvalue weighted by molar-refractivity contribution is 0.568. The van der Waals surface area contributed by atoms with Crippen LogP contribution in [0.5, 0.6) is 0 Å². The Bertz CT molecular complexity index is 508. The van der Waals surface area contributed by atoms with Crippen molar-refractivity contribution in [3.8, 4) is 0 Å². The van der Waals surface area contributed by atoms with Crippen LogP contribution < -0.4 is 10.2 Å². The SMILES string of the molecule is c1ccc2c(N3CCCNCCC3)cccc2c1. The monoisotopic (exact) mass is 240 g/mol. The molecular formula is C16H20N2. The predicted molar refractivity (Wildman–Crippen MR) is 78.3 cm³/mol. The molecule has 1 saturated heterocycles. The molecule has 0 atom stereocenters. The quantitative estimate of drug-likeness (QED) is 0.824. The van der Waals surface area contributed by atoms with Crippen LogP contribution in [-0.4, -0.2) is 26.2 Å². The van der Waals surface area contributed by atoms with Crippen molar-refractivity contribution >= 4 is 16.5 Å². The third kappa shape index (κ3) is 2.34. The summed E-state index contributed by atoms with van der Waals surface area (Å²) in [5, 5.41) is 6.20. The van der Waals surface area contributed by atoms with Gasteiger partial charge in [-0.2, -0.15) is 0 Å². The van der Waals surface area contributed by atoms with Crippen LogP contribution in [0.1, 0.15) is 12.8 Å². The summed E-state index contributed by atoms with van der Waals surface area (Å²) in [6.07, 6.45) is 2.45. The zero-order valence-electron chi connectivity index (χ0n) is 10.7. The first kappa shape index (κ1) is 11.5. The Balaban J connectivity index is 1.96. The minimum atomic E-state index is 1.14. The molecule has 2 aromatic carbocycles. The molecule has 2 heteroatoms. The Morgan fingerprint density at radius 2 is 1.56 bits per heavy atom. The Labute approximate surface area is 109 Å². The lowest BCUT2D eigenvalue weighted by Gasteiger charge is -2.28. The first-order valence-corrected chi connectivity index (χ1v) is 6.88. The third-order valence-corrected chi connectivity index (χ3v) is 3.67. The molecule has 18 heavy (non-hydrogen) atoms. The molecule has 0 unspecified atom stereocenters. The molecule has 3 rings (SSSR count). The molecule has 0 aliphatic carbocycles. The van der Waals surface area contributed by atoms with Crippen LogP contribution in [0.25, 0.3) is 10.8 Å². The maximum atomic E-state index is 3.47. The molecule has 0 aromatic heterocycles. The fraction of sp³-hybridized carbons (Fsp3) is 0.375. The van der Waals surface area contributed by atoms with Crippen molar-refractivity contribution in [2.24, 2.45) is 0 Å². The second-order valence-electron chi connectivity index (χ2n) is 4.94. The van der Waals surface area contributed by atoms with Crippen LogP contribution in [-0.2, 0) is 0 Å². The second kappa shape index (κ2) is 5.40. The van der Waals surface area contributed by atoms with Gasteiger partial charge in [-0.15, -0.1) is 0 Å². The zero-order valence-corrected chi connectivity index (χ0v) is 10.7. The minimum Gasteiger partial charge on any atom is -0.371 e. The van der Waals surface area contributed by atoms with Gasteiger partial charge in [0.25, 0.3) is 0 Å². The second-order valence-corrected chi connectivity index (χ2v) is 4.94. The predicted octanol–water partition coefficient (Wildman–Crippen LogP) is 3.03. The van der Waals surface area contributed by atoms with Crippen molar-refractivity contribution < 1.29 is 0 Å². The molecule has 0 amide bonds. The van der Waals surface area contributed by atoms with Crippen LogP contribution in [0.3, 0.4) is 0 Å². The number of hydrogen-bond donors (Lipinski definition) is 1. The van der Waals surface area contributed by atoms with E-state index in [0.717, 1.165) is 26.2 Å². The summed E-state index contributed by atoms with van der Waals surface area (Å²) in [6.45, 7) is 4.59. The summed E-state index contributed by atoms with van der Waals surface area (Å²) in [5.41, 5.74) is 1.40. The molecule has 2 aromatic rings. The summed E-state index contributed by atoms with van der Waals surface area (Å²) in [6, 6.07) is 15.3. The zero-order chi connectivity index (χ0) is 12.2. The fourth-order valence-corrected chi connectivity index (χ4v) is 2.75. The van der Waals surface area contributed by atoms with Crippen molar-refractivity contribution in [3.05, 3.63) is 42.5 Å². The van der Waals surface area contributed by atoms with Gasteiger partial charge < -0.3 is 10.2 Å². The fourth-order valence-electron chi connectivity index (χ4n) is 2.75. The Kier molecular flexibility index (Phi) is 3.47. The van der Waals surface area contributed by atoms with Gasteiger partial charge in [0, 0.05) is 24.2 Å². The maximum absolute atomic E-state index is 3.47. The molecular weight excluding hydrogens is 220 g/mol. The van der Waals surface area contributed by atoms with Gasteiger partial charge in [-0.25, -0.2) is 0 Å². The Morgan fingerprint density at radius 1 is 0.833 bits per heavy atom. The number of fused-ring (bicyclic) bond motifs is 1. The highest BCUT2D eigenvalue weighted by atomic mass is 15.1. The normalized spacial score (nSPS) is 17.4. The maximum Gasteiger partial charge on any atom is 0.0445 e. The minimum absolute atomic E-state index is 1.14. The average Bonchev–Trinajstić information content (AvgIpc) is 2.38. The third-order valence-electron chi connectivity index (χ3n) is 3.67. The van der Waals surface area contributed by atoms with E-state index in [1.807, 2.05) is 0 Å². The molecule has 1 fully saturated rings.